The molecule has 1 unspecified atom stereocenters. The minimum Gasteiger partial charge on any atom is -0.481 e. The fourth-order valence-electron chi connectivity index (χ4n) is 2.64. The summed E-state index contributed by atoms with van der Waals surface area (Å²) >= 11 is 0. The highest BCUT2D eigenvalue weighted by Gasteiger charge is 2.20. The van der Waals surface area contributed by atoms with E-state index in [1.807, 2.05) is 12.2 Å². The third kappa shape index (κ3) is 19.5. The van der Waals surface area contributed by atoms with E-state index in [0.717, 1.165) is 64.2 Å². The summed E-state index contributed by atoms with van der Waals surface area (Å²) in [5, 5.41) is 8.54. The van der Waals surface area contributed by atoms with Crippen molar-refractivity contribution in [1.29, 1.82) is 0 Å². The lowest BCUT2D eigenvalue weighted by Gasteiger charge is -2.16. The molecule has 0 aliphatic heterocycles. The van der Waals surface area contributed by atoms with E-state index in [4.69, 9.17) is 19.4 Å². The third-order valence-electron chi connectivity index (χ3n) is 3.99. The molecule has 6 nitrogen and oxygen atoms in total. The molecule has 0 rings (SSSR count). The van der Waals surface area contributed by atoms with Gasteiger partial charge < -0.3 is 14.9 Å². The van der Waals surface area contributed by atoms with Gasteiger partial charge in [-0.25, -0.2) is 4.57 Å². The van der Waals surface area contributed by atoms with E-state index in [9.17, 15) is 9.36 Å². The zero-order valence-electron chi connectivity index (χ0n) is 15.4. The summed E-state index contributed by atoms with van der Waals surface area (Å²) in [6.07, 6.45) is 15.0. The van der Waals surface area contributed by atoms with Crippen molar-refractivity contribution in [2.75, 3.05) is 0 Å². The van der Waals surface area contributed by atoms with Crippen molar-refractivity contribution in [1.82, 2.24) is 0 Å². The Morgan fingerprint density at radius 2 is 1.64 bits per heavy atom. The molecule has 148 valence electrons. The summed E-state index contributed by atoms with van der Waals surface area (Å²) in [6, 6.07) is 0. The van der Waals surface area contributed by atoms with E-state index in [1.165, 1.54) is 0 Å². The number of rotatable bonds is 17. The fraction of sp³-hybridized carbons (Fsp3) is 0.833. The number of aliphatic carboxylic acids is 1. The maximum absolute atomic E-state index is 11.0. The van der Waals surface area contributed by atoms with Crippen LogP contribution in [0, 0.1) is 0 Å². The van der Waals surface area contributed by atoms with Crippen LogP contribution in [-0.4, -0.2) is 27.0 Å². The molecule has 0 saturated heterocycles. The smallest absolute Gasteiger partial charge is 0.469 e. The van der Waals surface area contributed by atoms with Gasteiger partial charge in [0.15, 0.2) is 0 Å². The zero-order chi connectivity index (χ0) is 19.0. The second kappa shape index (κ2) is 15.6. The van der Waals surface area contributed by atoms with Crippen LogP contribution in [-0.2, 0) is 13.9 Å². The van der Waals surface area contributed by atoms with Gasteiger partial charge in [-0.1, -0.05) is 64.0 Å². The topological polar surface area (TPSA) is 104 Å². The summed E-state index contributed by atoms with van der Waals surface area (Å²) < 4.78 is 15.9. The van der Waals surface area contributed by atoms with Crippen LogP contribution in [0.5, 0.6) is 0 Å². The highest BCUT2D eigenvalue weighted by molar-refractivity contribution is 7.46. The Kier molecular flexibility index (Phi) is 15.1. The molecule has 0 aromatic carbocycles. The Labute approximate surface area is 151 Å². The van der Waals surface area contributed by atoms with Gasteiger partial charge in [-0.3, -0.25) is 9.32 Å². The van der Waals surface area contributed by atoms with E-state index in [1.54, 1.807) is 0 Å². The first-order chi connectivity index (χ1) is 11.8. The molecule has 0 aliphatic carbocycles. The average Bonchev–Trinajstić information content (AvgIpc) is 2.51. The molecule has 3 N–H and O–H groups in total. The van der Waals surface area contributed by atoms with Gasteiger partial charge in [0, 0.05) is 6.42 Å². The van der Waals surface area contributed by atoms with E-state index in [-0.39, 0.29) is 6.42 Å². The van der Waals surface area contributed by atoms with Crippen LogP contribution >= 0.6 is 7.82 Å². The van der Waals surface area contributed by atoms with E-state index >= 15 is 0 Å². The Morgan fingerprint density at radius 1 is 1.00 bits per heavy atom. The molecule has 0 aromatic heterocycles. The predicted octanol–water partition coefficient (Wildman–Crippen LogP) is 5.20. The molecule has 0 radical (unpaired) electrons. The minimum atomic E-state index is -4.44. The van der Waals surface area contributed by atoms with Gasteiger partial charge in [0.2, 0.25) is 0 Å². The summed E-state index contributed by atoms with van der Waals surface area (Å²) in [5.74, 6) is -0.732. The van der Waals surface area contributed by atoms with Crippen LogP contribution in [0.1, 0.15) is 90.4 Å². The molecule has 0 fully saturated rings. The van der Waals surface area contributed by atoms with Crippen LogP contribution < -0.4 is 0 Å². The molecular formula is C18H35O6P. The molecule has 0 amide bonds. The van der Waals surface area contributed by atoms with Crippen LogP contribution in [0.25, 0.3) is 0 Å². The highest BCUT2D eigenvalue weighted by Crippen LogP contribution is 2.39. The Balaban J connectivity index is 3.84. The first-order valence-electron chi connectivity index (χ1n) is 9.46. The SMILES string of the molecule is CCCCCCC(C/C=C\CCCCCCCC(=O)O)OP(=O)(O)O. The van der Waals surface area contributed by atoms with Gasteiger partial charge in [0.05, 0.1) is 6.10 Å². The Hall–Kier alpha value is -0.680. The quantitative estimate of drug-likeness (QED) is 0.183. The predicted molar refractivity (Wildman–Crippen MR) is 99.4 cm³/mol. The van der Waals surface area contributed by atoms with E-state index in [0.29, 0.717) is 12.8 Å². The molecule has 0 spiro atoms. The number of phosphoric acid groups is 1. The number of allylic oxidation sites excluding steroid dienone is 1. The lowest BCUT2D eigenvalue weighted by atomic mass is 10.1. The van der Waals surface area contributed by atoms with Crippen molar-refractivity contribution in [3.8, 4) is 0 Å². The molecule has 25 heavy (non-hydrogen) atoms. The number of carbonyl (C=O) groups is 1. The van der Waals surface area contributed by atoms with Gasteiger partial charge in [-0.2, -0.15) is 0 Å². The second-order valence-electron chi connectivity index (χ2n) is 6.47. The standard InChI is InChI=1S/C18H35O6P/c1-2-3-4-11-14-17(24-25(21,22)23)15-12-9-7-5-6-8-10-13-16-18(19)20/h9,12,17H,2-8,10-11,13-16H2,1H3,(H,19,20)(H2,21,22,23)/b12-9-. The van der Waals surface area contributed by atoms with Crippen molar-refractivity contribution in [2.45, 2.75) is 96.5 Å². The third-order valence-corrected chi connectivity index (χ3v) is 4.57. The van der Waals surface area contributed by atoms with E-state index in [2.05, 4.69) is 6.92 Å². The van der Waals surface area contributed by atoms with Crippen molar-refractivity contribution in [2.24, 2.45) is 0 Å². The van der Waals surface area contributed by atoms with Crippen LogP contribution in [0.2, 0.25) is 0 Å². The summed E-state index contributed by atoms with van der Waals surface area (Å²) in [7, 11) is -4.44. The molecule has 0 aromatic rings. The second-order valence-corrected chi connectivity index (χ2v) is 7.67. The first kappa shape index (κ1) is 24.3. The van der Waals surface area contributed by atoms with Gasteiger partial charge in [0.1, 0.15) is 0 Å². The van der Waals surface area contributed by atoms with Crippen LogP contribution in [0.4, 0.5) is 0 Å². The molecule has 1 atom stereocenters. The molecule has 0 saturated carbocycles. The monoisotopic (exact) mass is 378 g/mol. The van der Waals surface area contributed by atoms with Gasteiger partial charge >= 0.3 is 13.8 Å². The van der Waals surface area contributed by atoms with E-state index < -0.39 is 19.9 Å². The number of hydrogen-bond acceptors (Lipinski definition) is 3. The van der Waals surface area contributed by atoms with Crippen molar-refractivity contribution < 1.29 is 28.8 Å². The average molecular weight is 378 g/mol. The normalized spacial score (nSPS) is 13.4. The molecule has 0 aliphatic rings. The minimum absolute atomic E-state index is 0.249. The fourth-order valence-corrected chi connectivity index (χ4v) is 3.22. The Morgan fingerprint density at radius 3 is 2.28 bits per heavy atom. The lowest BCUT2D eigenvalue weighted by Crippen LogP contribution is -2.10. The van der Waals surface area contributed by atoms with Crippen molar-refractivity contribution >= 4 is 13.8 Å². The largest absolute Gasteiger partial charge is 0.481 e. The maximum Gasteiger partial charge on any atom is 0.469 e. The van der Waals surface area contributed by atoms with Gasteiger partial charge in [-0.05, 0) is 32.1 Å². The molecular weight excluding hydrogens is 343 g/mol. The number of carboxylic acids is 1. The summed E-state index contributed by atoms with van der Waals surface area (Å²) in [6.45, 7) is 2.12. The van der Waals surface area contributed by atoms with Gasteiger partial charge in [-0.15, -0.1) is 0 Å². The lowest BCUT2D eigenvalue weighted by molar-refractivity contribution is -0.137. The van der Waals surface area contributed by atoms with Crippen molar-refractivity contribution in [3.05, 3.63) is 12.2 Å². The number of phosphoric ester groups is 1. The maximum atomic E-state index is 11.0. The first-order valence-corrected chi connectivity index (χ1v) is 11.0. The zero-order valence-corrected chi connectivity index (χ0v) is 16.3. The van der Waals surface area contributed by atoms with Crippen LogP contribution in [0.3, 0.4) is 0 Å². The summed E-state index contributed by atoms with van der Waals surface area (Å²) in [4.78, 5) is 28.4. The van der Waals surface area contributed by atoms with Crippen molar-refractivity contribution in [3.63, 3.8) is 0 Å². The highest BCUT2D eigenvalue weighted by atomic mass is 31.2. The summed E-state index contributed by atoms with van der Waals surface area (Å²) in [5.41, 5.74) is 0. The number of hydrogen-bond donors (Lipinski definition) is 3. The number of carboxylic acid groups (broad SMARTS) is 1. The number of unbranched alkanes of at least 4 members (excludes halogenated alkanes) is 8. The van der Waals surface area contributed by atoms with Gasteiger partial charge in [0.25, 0.3) is 0 Å². The Bertz CT molecular complexity index is 404. The molecule has 0 heterocycles. The molecule has 7 heteroatoms. The molecule has 0 bridgehead atoms. The van der Waals surface area contributed by atoms with Crippen LogP contribution in [0.15, 0.2) is 12.2 Å².